The molecule has 1 aliphatic heterocycles. The number of halogens is 1. The Morgan fingerprint density at radius 2 is 2.12 bits per heavy atom. The van der Waals surface area contributed by atoms with Gasteiger partial charge in [-0.1, -0.05) is 0 Å². The minimum atomic E-state index is 0. The minimum Gasteiger partial charge on any atom is -0.330 e. The van der Waals surface area contributed by atoms with E-state index < -0.39 is 0 Å². The number of nitrogens with zero attached hydrogens (tertiary/aromatic N) is 2. The molecular weight excluding hydrogens is 234 g/mol. The second-order valence-electron chi connectivity index (χ2n) is 4.68. The lowest BCUT2D eigenvalue weighted by molar-refractivity contribution is 0.163. The largest absolute Gasteiger partial charge is 0.330 e. The van der Waals surface area contributed by atoms with Crippen molar-refractivity contribution in [2.75, 3.05) is 19.6 Å². The van der Waals surface area contributed by atoms with Gasteiger partial charge in [0, 0.05) is 25.5 Å². The number of aromatic nitrogens is 1. The summed E-state index contributed by atoms with van der Waals surface area (Å²) in [5.74, 6) is 0.806. The smallest absolute Gasteiger partial charge is 0.0271 e. The van der Waals surface area contributed by atoms with Crippen LogP contribution in [0.1, 0.15) is 24.8 Å². The molecule has 0 radical (unpaired) electrons. The van der Waals surface area contributed by atoms with Crippen LogP contribution in [0.2, 0.25) is 0 Å². The van der Waals surface area contributed by atoms with Crippen LogP contribution in [0.5, 0.6) is 0 Å². The van der Waals surface area contributed by atoms with Gasteiger partial charge in [-0.25, -0.2) is 0 Å². The topological polar surface area (TPSA) is 42.1 Å². The van der Waals surface area contributed by atoms with E-state index in [0.29, 0.717) is 0 Å². The second kappa shape index (κ2) is 7.64. The lowest BCUT2D eigenvalue weighted by atomic mass is 9.94. The number of nitrogens with two attached hydrogens (primary N) is 1. The summed E-state index contributed by atoms with van der Waals surface area (Å²) in [5.41, 5.74) is 6.99. The number of pyridine rings is 1. The van der Waals surface area contributed by atoms with Crippen LogP contribution in [0.15, 0.2) is 24.5 Å². The van der Waals surface area contributed by atoms with Gasteiger partial charge in [0.05, 0.1) is 0 Å². The zero-order valence-corrected chi connectivity index (χ0v) is 11.0. The Kier molecular flexibility index (Phi) is 6.48. The van der Waals surface area contributed by atoms with Gasteiger partial charge in [0.15, 0.2) is 0 Å². The van der Waals surface area contributed by atoms with Crippen molar-refractivity contribution in [1.29, 1.82) is 0 Å². The zero-order chi connectivity index (χ0) is 11.2. The van der Waals surface area contributed by atoms with Crippen LogP contribution < -0.4 is 5.73 Å². The maximum atomic E-state index is 5.63. The molecule has 1 aromatic heterocycles. The molecule has 0 aliphatic carbocycles. The summed E-state index contributed by atoms with van der Waals surface area (Å²) >= 11 is 0. The predicted octanol–water partition coefficient (Wildman–Crippen LogP) is 2.06. The summed E-state index contributed by atoms with van der Waals surface area (Å²) in [5, 5.41) is 0. The Morgan fingerprint density at radius 3 is 2.82 bits per heavy atom. The second-order valence-corrected chi connectivity index (χ2v) is 4.68. The molecule has 1 atom stereocenters. The monoisotopic (exact) mass is 255 g/mol. The normalized spacial score (nSPS) is 20.9. The molecular formula is C13H22ClN3. The minimum absolute atomic E-state index is 0. The summed E-state index contributed by atoms with van der Waals surface area (Å²) in [6.45, 7) is 4.32. The van der Waals surface area contributed by atoms with Crippen LogP contribution in [-0.2, 0) is 6.54 Å². The number of rotatable bonds is 4. The van der Waals surface area contributed by atoms with Crippen molar-refractivity contribution in [3.63, 3.8) is 0 Å². The Labute approximate surface area is 110 Å². The van der Waals surface area contributed by atoms with Crippen molar-refractivity contribution in [2.45, 2.75) is 25.8 Å². The fraction of sp³-hybridized carbons (Fsp3) is 0.615. The van der Waals surface area contributed by atoms with Gasteiger partial charge < -0.3 is 5.73 Å². The van der Waals surface area contributed by atoms with E-state index in [-0.39, 0.29) is 12.4 Å². The quantitative estimate of drug-likeness (QED) is 0.896. The number of hydrogen-bond acceptors (Lipinski definition) is 3. The SMILES string of the molecule is Cl.NCCC1CCCN(Cc2ccncc2)C1. The van der Waals surface area contributed by atoms with Crippen LogP contribution in [0.25, 0.3) is 0 Å². The molecule has 1 saturated heterocycles. The van der Waals surface area contributed by atoms with Crippen molar-refractivity contribution < 1.29 is 0 Å². The Hall–Kier alpha value is -0.640. The highest BCUT2D eigenvalue weighted by Gasteiger charge is 2.18. The van der Waals surface area contributed by atoms with E-state index in [9.17, 15) is 0 Å². The van der Waals surface area contributed by atoms with Crippen LogP contribution in [0.3, 0.4) is 0 Å². The van der Waals surface area contributed by atoms with E-state index in [1.54, 1.807) is 0 Å². The molecule has 0 aromatic carbocycles. The summed E-state index contributed by atoms with van der Waals surface area (Å²) in [6, 6.07) is 4.21. The molecule has 0 bridgehead atoms. The van der Waals surface area contributed by atoms with Crippen molar-refractivity contribution in [1.82, 2.24) is 9.88 Å². The summed E-state index contributed by atoms with van der Waals surface area (Å²) in [7, 11) is 0. The first-order valence-corrected chi connectivity index (χ1v) is 6.20. The van der Waals surface area contributed by atoms with E-state index in [4.69, 9.17) is 5.73 Å². The van der Waals surface area contributed by atoms with Crippen molar-refractivity contribution in [3.8, 4) is 0 Å². The van der Waals surface area contributed by atoms with Crippen LogP contribution in [-0.4, -0.2) is 29.5 Å². The van der Waals surface area contributed by atoms with Gasteiger partial charge in [-0.2, -0.15) is 0 Å². The average molecular weight is 256 g/mol. The highest BCUT2D eigenvalue weighted by Crippen LogP contribution is 2.20. The Morgan fingerprint density at radius 1 is 1.35 bits per heavy atom. The molecule has 2 N–H and O–H groups in total. The highest BCUT2D eigenvalue weighted by atomic mass is 35.5. The third-order valence-corrected chi connectivity index (χ3v) is 3.33. The van der Waals surface area contributed by atoms with E-state index in [1.165, 1.54) is 37.9 Å². The van der Waals surface area contributed by atoms with Gasteiger partial charge in [-0.3, -0.25) is 9.88 Å². The first-order chi connectivity index (χ1) is 7.88. The predicted molar refractivity (Wildman–Crippen MR) is 73.2 cm³/mol. The molecule has 1 aromatic rings. The fourth-order valence-corrected chi connectivity index (χ4v) is 2.51. The highest BCUT2D eigenvalue weighted by molar-refractivity contribution is 5.85. The number of hydrogen-bond donors (Lipinski definition) is 1. The summed E-state index contributed by atoms with van der Waals surface area (Å²) < 4.78 is 0. The van der Waals surface area contributed by atoms with Gasteiger partial charge >= 0.3 is 0 Å². The molecule has 1 unspecified atom stereocenters. The first kappa shape index (κ1) is 14.4. The van der Waals surface area contributed by atoms with Crippen LogP contribution >= 0.6 is 12.4 Å². The molecule has 2 heterocycles. The molecule has 0 saturated carbocycles. The number of piperidine rings is 1. The van der Waals surface area contributed by atoms with E-state index in [1.807, 2.05) is 12.4 Å². The van der Waals surface area contributed by atoms with Crippen LogP contribution in [0.4, 0.5) is 0 Å². The average Bonchev–Trinajstić information content (AvgIpc) is 2.31. The number of likely N-dealkylation sites (tertiary alicyclic amines) is 1. The Balaban J connectivity index is 0.00000144. The molecule has 2 rings (SSSR count). The molecule has 3 nitrogen and oxygen atoms in total. The molecule has 1 fully saturated rings. The Bertz CT molecular complexity index is 303. The van der Waals surface area contributed by atoms with Crippen molar-refractivity contribution in [3.05, 3.63) is 30.1 Å². The lowest BCUT2D eigenvalue weighted by Crippen LogP contribution is -2.35. The summed E-state index contributed by atoms with van der Waals surface area (Å²) in [4.78, 5) is 6.59. The maximum Gasteiger partial charge on any atom is 0.0271 e. The van der Waals surface area contributed by atoms with Gasteiger partial charge in [0.1, 0.15) is 0 Å². The van der Waals surface area contributed by atoms with Crippen molar-refractivity contribution in [2.24, 2.45) is 11.7 Å². The summed E-state index contributed by atoms with van der Waals surface area (Å²) in [6.07, 6.45) is 7.58. The van der Waals surface area contributed by atoms with E-state index >= 15 is 0 Å². The van der Waals surface area contributed by atoms with Gasteiger partial charge in [-0.15, -0.1) is 12.4 Å². The van der Waals surface area contributed by atoms with Gasteiger partial charge in [0.25, 0.3) is 0 Å². The maximum absolute atomic E-state index is 5.63. The third-order valence-electron chi connectivity index (χ3n) is 3.33. The molecule has 0 spiro atoms. The van der Waals surface area contributed by atoms with E-state index in [0.717, 1.165) is 19.0 Å². The zero-order valence-electron chi connectivity index (χ0n) is 10.2. The van der Waals surface area contributed by atoms with Crippen molar-refractivity contribution >= 4 is 12.4 Å². The standard InChI is InChI=1S/C13H21N3.ClH/c14-6-3-12-2-1-9-16(10-12)11-13-4-7-15-8-5-13;/h4-5,7-8,12H,1-3,6,9-11,14H2;1H. The molecule has 1 aliphatic rings. The molecule has 96 valence electrons. The molecule has 4 heteroatoms. The first-order valence-electron chi connectivity index (χ1n) is 6.20. The van der Waals surface area contributed by atoms with Crippen LogP contribution in [0, 0.1) is 5.92 Å². The third kappa shape index (κ3) is 4.62. The molecule has 0 amide bonds. The lowest BCUT2D eigenvalue weighted by Gasteiger charge is -2.32. The van der Waals surface area contributed by atoms with Gasteiger partial charge in [0.2, 0.25) is 0 Å². The van der Waals surface area contributed by atoms with Gasteiger partial charge in [-0.05, 0) is 56.0 Å². The van der Waals surface area contributed by atoms with E-state index in [2.05, 4.69) is 22.0 Å². The fourth-order valence-electron chi connectivity index (χ4n) is 2.51. The molecule has 17 heavy (non-hydrogen) atoms.